The number of nitrogens with one attached hydrogen (secondary N) is 1. The highest BCUT2D eigenvalue weighted by Gasteiger charge is 2.31. The van der Waals surface area contributed by atoms with Gasteiger partial charge in [-0.3, -0.25) is 9.69 Å². The van der Waals surface area contributed by atoms with Crippen molar-refractivity contribution in [2.45, 2.75) is 26.8 Å². The van der Waals surface area contributed by atoms with Crippen LogP contribution in [0.15, 0.2) is 30.3 Å². The molecule has 1 amide bonds. The highest BCUT2D eigenvalue weighted by molar-refractivity contribution is 7.86. The second kappa shape index (κ2) is 9.45. The first-order valence-electron chi connectivity index (χ1n) is 9.20. The third-order valence-corrected chi connectivity index (χ3v) is 6.92. The molecule has 0 unspecified atom stereocenters. The monoisotopic (exact) mass is 382 g/mol. The zero-order valence-corrected chi connectivity index (χ0v) is 16.7. The summed E-state index contributed by atoms with van der Waals surface area (Å²) in [6.45, 7) is 8.84. The van der Waals surface area contributed by atoms with Gasteiger partial charge in [-0.2, -0.15) is 17.0 Å². The van der Waals surface area contributed by atoms with Gasteiger partial charge in [-0.15, -0.1) is 0 Å². The van der Waals surface area contributed by atoms with Crippen LogP contribution in [0.25, 0.3) is 0 Å². The highest BCUT2D eigenvalue weighted by atomic mass is 32.2. The number of benzene rings is 1. The molecule has 1 aromatic rings. The molecule has 1 aliphatic rings. The summed E-state index contributed by atoms with van der Waals surface area (Å²) in [5.41, 5.74) is 1.07. The predicted octanol–water partition coefficient (Wildman–Crippen LogP) is 1.07. The minimum Gasteiger partial charge on any atom is -0.348 e. The van der Waals surface area contributed by atoms with Crippen molar-refractivity contribution in [2.75, 3.05) is 45.8 Å². The van der Waals surface area contributed by atoms with Gasteiger partial charge in [0.25, 0.3) is 10.2 Å². The van der Waals surface area contributed by atoms with E-state index in [1.165, 1.54) is 8.61 Å². The molecule has 0 saturated carbocycles. The fourth-order valence-electron chi connectivity index (χ4n) is 3.15. The van der Waals surface area contributed by atoms with Gasteiger partial charge in [-0.1, -0.05) is 44.2 Å². The van der Waals surface area contributed by atoms with E-state index < -0.39 is 10.2 Å². The Balaban J connectivity index is 1.82. The van der Waals surface area contributed by atoms with E-state index in [4.69, 9.17) is 0 Å². The topological polar surface area (TPSA) is 73.0 Å². The normalized spacial score (nSPS) is 18.0. The summed E-state index contributed by atoms with van der Waals surface area (Å²) in [4.78, 5) is 14.3. The number of amides is 1. The Morgan fingerprint density at radius 3 is 2.23 bits per heavy atom. The lowest BCUT2D eigenvalue weighted by atomic mass is 10.1. The van der Waals surface area contributed by atoms with Gasteiger partial charge in [0, 0.05) is 39.3 Å². The van der Waals surface area contributed by atoms with Crippen molar-refractivity contribution < 1.29 is 13.2 Å². The Labute approximate surface area is 157 Å². The fourth-order valence-corrected chi connectivity index (χ4v) is 4.75. The van der Waals surface area contributed by atoms with Crippen LogP contribution in [-0.4, -0.2) is 73.6 Å². The van der Waals surface area contributed by atoms with E-state index in [1.807, 2.05) is 56.0 Å². The van der Waals surface area contributed by atoms with Gasteiger partial charge >= 0.3 is 0 Å². The molecule has 0 aromatic heterocycles. The number of carbonyl (C=O) groups excluding carboxylic acids is 1. The Morgan fingerprint density at radius 2 is 1.69 bits per heavy atom. The Morgan fingerprint density at radius 1 is 1.12 bits per heavy atom. The Bertz CT molecular complexity index is 669. The van der Waals surface area contributed by atoms with E-state index in [0.717, 1.165) is 5.56 Å². The molecular weight excluding hydrogens is 352 g/mol. The molecule has 0 aliphatic carbocycles. The molecule has 26 heavy (non-hydrogen) atoms. The molecule has 1 heterocycles. The maximum Gasteiger partial charge on any atom is 0.282 e. The summed E-state index contributed by atoms with van der Waals surface area (Å²) < 4.78 is 28.1. The number of piperazine rings is 1. The zero-order chi connectivity index (χ0) is 19.2. The van der Waals surface area contributed by atoms with E-state index in [9.17, 15) is 13.2 Å². The molecule has 8 heteroatoms. The minimum absolute atomic E-state index is 0.0404. The third-order valence-electron chi connectivity index (χ3n) is 4.73. The lowest BCUT2D eigenvalue weighted by Crippen LogP contribution is -2.54. The van der Waals surface area contributed by atoms with Crippen molar-refractivity contribution in [2.24, 2.45) is 0 Å². The largest absolute Gasteiger partial charge is 0.348 e. The van der Waals surface area contributed by atoms with Gasteiger partial charge in [0.2, 0.25) is 5.91 Å². The summed E-state index contributed by atoms with van der Waals surface area (Å²) in [7, 11) is -3.39. The van der Waals surface area contributed by atoms with Gasteiger partial charge in [-0.05, 0) is 12.5 Å². The molecule has 1 atom stereocenters. The molecule has 1 aromatic carbocycles. The molecule has 0 radical (unpaired) electrons. The first-order valence-corrected chi connectivity index (χ1v) is 10.6. The maximum absolute atomic E-state index is 12.5. The van der Waals surface area contributed by atoms with Gasteiger partial charge in [0.05, 0.1) is 12.6 Å². The van der Waals surface area contributed by atoms with Crippen LogP contribution in [0.3, 0.4) is 0 Å². The van der Waals surface area contributed by atoms with E-state index in [0.29, 0.717) is 39.3 Å². The molecule has 1 aliphatic heterocycles. The van der Waals surface area contributed by atoms with Crippen LogP contribution in [0.1, 0.15) is 32.4 Å². The summed E-state index contributed by atoms with van der Waals surface area (Å²) in [5, 5.41) is 3.00. The second-order valence-corrected chi connectivity index (χ2v) is 8.40. The quantitative estimate of drug-likeness (QED) is 0.730. The first-order chi connectivity index (χ1) is 12.4. The van der Waals surface area contributed by atoms with E-state index >= 15 is 0 Å². The zero-order valence-electron chi connectivity index (χ0n) is 15.9. The summed E-state index contributed by atoms with van der Waals surface area (Å²) in [5.74, 6) is -0.0404. The van der Waals surface area contributed by atoms with Crippen LogP contribution in [0.4, 0.5) is 0 Å². The van der Waals surface area contributed by atoms with Crippen molar-refractivity contribution >= 4 is 16.1 Å². The average molecular weight is 383 g/mol. The number of hydrogen-bond donors (Lipinski definition) is 1. The minimum atomic E-state index is -3.39. The van der Waals surface area contributed by atoms with E-state index in [-0.39, 0.29) is 18.5 Å². The molecule has 1 saturated heterocycles. The van der Waals surface area contributed by atoms with Crippen molar-refractivity contribution in [1.29, 1.82) is 0 Å². The standard InChI is InChI=1S/C18H30N4O3S/c1-4-21(5-2)26(24,25)22-13-11-20(12-14-22)15-18(23)19-16(3)17-9-7-6-8-10-17/h6-10,16H,4-5,11-15H2,1-3H3,(H,19,23)/t16-/m1/s1. The van der Waals surface area contributed by atoms with Crippen molar-refractivity contribution in [3.63, 3.8) is 0 Å². The van der Waals surface area contributed by atoms with Gasteiger partial charge in [0.1, 0.15) is 0 Å². The van der Waals surface area contributed by atoms with Crippen LogP contribution in [-0.2, 0) is 15.0 Å². The highest BCUT2D eigenvalue weighted by Crippen LogP contribution is 2.13. The summed E-state index contributed by atoms with van der Waals surface area (Å²) in [6.07, 6.45) is 0. The van der Waals surface area contributed by atoms with Crippen molar-refractivity contribution in [1.82, 2.24) is 18.8 Å². The van der Waals surface area contributed by atoms with Crippen LogP contribution in [0.5, 0.6) is 0 Å². The van der Waals surface area contributed by atoms with Crippen LogP contribution < -0.4 is 5.32 Å². The van der Waals surface area contributed by atoms with Crippen molar-refractivity contribution in [3.05, 3.63) is 35.9 Å². The van der Waals surface area contributed by atoms with Crippen LogP contribution in [0, 0.1) is 0 Å². The molecule has 2 rings (SSSR count). The fraction of sp³-hybridized carbons (Fsp3) is 0.611. The average Bonchev–Trinajstić information content (AvgIpc) is 2.63. The smallest absolute Gasteiger partial charge is 0.282 e. The molecule has 7 nitrogen and oxygen atoms in total. The number of rotatable bonds is 8. The van der Waals surface area contributed by atoms with Crippen LogP contribution in [0.2, 0.25) is 0 Å². The lowest BCUT2D eigenvalue weighted by molar-refractivity contribution is -0.123. The molecule has 1 fully saturated rings. The Kier molecular flexibility index (Phi) is 7.57. The maximum atomic E-state index is 12.5. The third kappa shape index (κ3) is 5.26. The summed E-state index contributed by atoms with van der Waals surface area (Å²) in [6, 6.07) is 9.78. The molecular formula is C18H30N4O3S. The first kappa shape index (κ1) is 20.8. The lowest BCUT2D eigenvalue weighted by Gasteiger charge is -2.36. The molecule has 146 valence electrons. The number of nitrogens with zero attached hydrogens (tertiary/aromatic N) is 3. The van der Waals surface area contributed by atoms with Gasteiger partial charge in [0.15, 0.2) is 0 Å². The predicted molar refractivity (Wildman–Crippen MR) is 103 cm³/mol. The number of carbonyl (C=O) groups is 1. The SMILES string of the molecule is CCN(CC)S(=O)(=O)N1CCN(CC(=O)N[C@H](C)c2ccccc2)CC1. The van der Waals surface area contributed by atoms with Crippen molar-refractivity contribution in [3.8, 4) is 0 Å². The van der Waals surface area contributed by atoms with Crippen LogP contribution >= 0.6 is 0 Å². The van der Waals surface area contributed by atoms with Gasteiger partial charge in [-0.25, -0.2) is 0 Å². The van der Waals surface area contributed by atoms with E-state index in [1.54, 1.807) is 0 Å². The second-order valence-electron chi connectivity index (χ2n) is 6.47. The van der Waals surface area contributed by atoms with E-state index in [2.05, 4.69) is 5.32 Å². The Hall–Kier alpha value is -1.48. The molecule has 0 bridgehead atoms. The molecule has 0 spiro atoms. The number of hydrogen-bond acceptors (Lipinski definition) is 4. The van der Waals surface area contributed by atoms with Gasteiger partial charge < -0.3 is 5.32 Å². The summed E-state index contributed by atoms with van der Waals surface area (Å²) >= 11 is 0. The molecule has 1 N–H and O–H groups in total.